The molecule has 0 heterocycles. The molecule has 0 N–H and O–H groups in total. The Labute approximate surface area is 70.2 Å². The van der Waals surface area contributed by atoms with Crippen LogP contribution in [0.3, 0.4) is 0 Å². The molecular weight excluding hydrogens is 166 g/mol. The van der Waals surface area contributed by atoms with E-state index in [1.54, 1.807) is 6.92 Å². The van der Waals surface area contributed by atoms with E-state index >= 15 is 0 Å². The van der Waals surface area contributed by atoms with Gasteiger partial charge in [0, 0.05) is 0 Å². The fourth-order valence-electron chi connectivity index (χ4n) is 0.545. The molecule has 12 heavy (non-hydrogen) atoms. The Balaban J connectivity index is 4.49. The molecule has 0 aliphatic heterocycles. The number of halogens is 2. The summed E-state index contributed by atoms with van der Waals surface area (Å²) < 4.78 is 29.0. The van der Waals surface area contributed by atoms with Crippen LogP contribution in [0, 0.1) is 5.41 Å². The van der Waals surface area contributed by atoms with Crippen LogP contribution in [0.15, 0.2) is 12.2 Å². The molecule has 0 aliphatic rings. The van der Waals surface area contributed by atoms with Crippen molar-refractivity contribution in [2.24, 2.45) is 5.41 Å². The van der Waals surface area contributed by atoms with Crippen LogP contribution >= 0.6 is 0 Å². The van der Waals surface area contributed by atoms with Gasteiger partial charge in [0.2, 0.25) is 0 Å². The van der Waals surface area contributed by atoms with Crippen molar-refractivity contribution >= 4 is 5.97 Å². The molecule has 0 aromatic carbocycles. The molecule has 0 rings (SSSR count). The Hall–Kier alpha value is -0.930. The molecule has 0 aromatic rings. The van der Waals surface area contributed by atoms with Crippen LogP contribution in [0.4, 0.5) is 8.78 Å². The van der Waals surface area contributed by atoms with E-state index in [1.165, 1.54) is 13.8 Å². The maximum absolute atomic E-state index is 12.7. The number of hydrogen-bond donors (Lipinski definition) is 0. The highest BCUT2D eigenvalue weighted by atomic mass is 19.2. The highest BCUT2D eigenvalue weighted by molar-refractivity contribution is 5.78. The molecule has 2 nitrogen and oxygen atoms in total. The van der Waals surface area contributed by atoms with Crippen LogP contribution in [0.25, 0.3) is 0 Å². The zero-order chi connectivity index (χ0) is 9.78. The summed E-state index contributed by atoms with van der Waals surface area (Å²) in [5.41, 5.74) is -1.52. The Kier molecular flexibility index (Phi) is 3.86. The maximum atomic E-state index is 12.7. The third-order valence-electron chi connectivity index (χ3n) is 1.48. The molecule has 0 spiro atoms. The highest BCUT2D eigenvalue weighted by Crippen LogP contribution is 2.28. The lowest BCUT2D eigenvalue weighted by molar-refractivity contribution is -0.152. The third kappa shape index (κ3) is 2.29. The van der Waals surface area contributed by atoms with Crippen molar-refractivity contribution in [3.8, 4) is 0 Å². The lowest BCUT2D eigenvalue weighted by atomic mass is 9.93. The third-order valence-corrected chi connectivity index (χ3v) is 1.48. The summed E-state index contributed by atoms with van der Waals surface area (Å²) in [4.78, 5) is 11.0. The molecule has 0 radical (unpaired) electrons. The monoisotopic (exact) mass is 178 g/mol. The summed E-state index contributed by atoms with van der Waals surface area (Å²) in [5, 5.41) is 0. The van der Waals surface area contributed by atoms with E-state index in [2.05, 4.69) is 4.74 Å². The van der Waals surface area contributed by atoms with E-state index in [0.717, 1.165) is 0 Å². The van der Waals surface area contributed by atoms with Crippen LogP contribution in [0.5, 0.6) is 0 Å². The summed E-state index contributed by atoms with van der Waals surface area (Å²) >= 11 is 0. The Bertz CT molecular complexity index is 197. The standard InChI is InChI=1S/C8H12F2O2/c1-4-12-7(11)8(2,3)6(10)5-9/h5H,4H2,1-3H3/b6-5+. The van der Waals surface area contributed by atoms with E-state index in [9.17, 15) is 13.6 Å². The van der Waals surface area contributed by atoms with Gasteiger partial charge in [-0.05, 0) is 20.8 Å². The number of ether oxygens (including phenoxy) is 1. The van der Waals surface area contributed by atoms with Crippen LogP contribution in [-0.4, -0.2) is 12.6 Å². The van der Waals surface area contributed by atoms with Gasteiger partial charge in [-0.25, -0.2) is 8.78 Å². The second-order valence-corrected chi connectivity index (χ2v) is 2.80. The minimum Gasteiger partial charge on any atom is -0.465 e. The lowest BCUT2D eigenvalue weighted by Gasteiger charge is -2.18. The van der Waals surface area contributed by atoms with Crippen LogP contribution in [-0.2, 0) is 9.53 Å². The number of hydrogen-bond acceptors (Lipinski definition) is 2. The fraction of sp³-hybridized carbons (Fsp3) is 0.625. The highest BCUT2D eigenvalue weighted by Gasteiger charge is 2.34. The summed E-state index contributed by atoms with van der Waals surface area (Å²) in [5.74, 6) is -1.89. The first-order valence-corrected chi connectivity index (χ1v) is 3.60. The molecule has 0 amide bonds. The maximum Gasteiger partial charge on any atom is 0.318 e. The summed E-state index contributed by atoms with van der Waals surface area (Å²) in [6, 6.07) is 0. The van der Waals surface area contributed by atoms with Gasteiger partial charge in [0.25, 0.3) is 0 Å². The molecule has 70 valence electrons. The quantitative estimate of drug-likeness (QED) is 0.620. The van der Waals surface area contributed by atoms with Crippen molar-refractivity contribution in [2.75, 3.05) is 6.61 Å². The molecule has 0 saturated carbocycles. The molecule has 0 unspecified atom stereocenters. The SMILES string of the molecule is CCOC(=O)C(C)(C)/C(F)=C\F. The minimum atomic E-state index is -1.52. The van der Waals surface area contributed by atoms with Crippen LogP contribution < -0.4 is 0 Å². The number of carbonyl (C=O) groups excluding carboxylic acids is 1. The van der Waals surface area contributed by atoms with Gasteiger partial charge in [0.15, 0.2) is 0 Å². The van der Waals surface area contributed by atoms with E-state index in [4.69, 9.17) is 0 Å². The largest absolute Gasteiger partial charge is 0.465 e. The predicted octanol–water partition coefficient (Wildman–Crippen LogP) is 2.36. The number of esters is 1. The average molecular weight is 178 g/mol. The van der Waals surface area contributed by atoms with Gasteiger partial charge in [-0.3, -0.25) is 4.79 Å². The van der Waals surface area contributed by atoms with Gasteiger partial charge in [0.05, 0.1) is 6.61 Å². The number of carbonyl (C=O) groups is 1. The van der Waals surface area contributed by atoms with Gasteiger partial charge in [-0.1, -0.05) is 0 Å². The topological polar surface area (TPSA) is 26.3 Å². The first-order valence-electron chi connectivity index (χ1n) is 3.60. The molecule has 0 aromatic heterocycles. The van der Waals surface area contributed by atoms with Crippen LogP contribution in [0.1, 0.15) is 20.8 Å². The zero-order valence-electron chi connectivity index (χ0n) is 7.36. The average Bonchev–Trinajstić information content (AvgIpc) is 2.03. The van der Waals surface area contributed by atoms with Gasteiger partial charge in [-0.2, -0.15) is 0 Å². The molecule has 4 heteroatoms. The molecular formula is C8H12F2O2. The van der Waals surface area contributed by atoms with Crippen molar-refractivity contribution < 1.29 is 18.3 Å². The molecule has 0 bridgehead atoms. The van der Waals surface area contributed by atoms with Crippen molar-refractivity contribution in [1.29, 1.82) is 0 Å². The minimum absolute atomic E-state index is 0.155. The number of rotatable bonds is 3. The summed E-state index contributed by atoms with van der Waals surface area (Å²) in [6.45, 7) is 4.28. The zero-order valence-corrected chi connectivity index (χ0v) is 7.36. The predicted molar refractivity (Wildman–Crippen MR) is 40.7 cm³/mol. The molecule has 0 atom stereocenters. The molecule has 0 fully saturated rings. The molecule has 0 aliphatic carbocycles. The normalized spacial score (nSPS) is 12.9. The lowest BCUT2D eigenvalue weighted by Crippen LogP contribution is -2.27. The summed E-state index contributed by atoms with van der Waals surface area (Å²) in [6.07, 6.45) is -0.225. The fourth-order valence-corrected chi connectivity index (χ4v) is 0.545. The first-order chi connectivity index (χ1) is 5.46. The van der Waals surface area contributed by atoms with Crippen molar-refractivity contribution in [1.82, 2.24) is 0 Å². The smallest absolute Gasteiger partial charge is 0.318 e. The summed E-state index contributed by atoms with van der Waals surface area (Å²) in [7, 11) is 0. The van der Waals surface area contributed by atoms with Crippen molar-refractivity contribution in [3.05, 3.63) is 12.2 Å². The van der Waals surface area contributed by atoms with E-state index in [1.807, 2.05) is 0 Å². The first kappa shape index (κ1) is 11.1. The Morgan fingerprint density at radius 3 is 2.42 bits per heavy atom. The molecule has 0 saturated heterocycles. The Morgan fingerprint density at radius 1 is 1.58 bits per heavy atom. The van der Waals surface area contributed by atoms with Gasteiger partial charge in [-0.15, -0.1) is 0 Å². The van der Waals surface area contributed by atoms with Crippen LogP contribution in [0.2, 0.25) is 0 Å². The van der Waals surface area contributed by atoms with Gasteiger partial charge in [0.1, 0.15) is 17.6 Å². The van der Waals surface area contributed by atoms with E-state index in [-0.39, 0.29) is 12.9 Å². The van der Waals surface area contributed by atoms with Gasteiger partial charge >= 0.3 is 5.97 Å². The second-order valence-electron chi connectivity index (χ2n) is 2.80. The Morgan fingerprint density at radius 2 is 2.08 bits per heavy atom. The second kappa shape index (κ2) is 4.18. The van der Waals surface area contributed by atoms with Crippen molar-refractivity contribution in [2.45, 2.75) is 20.8 Å². The van der Waals surface area contributed by atoms with Gasteiger partial charge < -0.3 is 4.74 Å². The van der Waals surface area contributed by atoms with E-state index in [0.29, 0.717) is 0 Å². The van der Waals surface area contributed by atoms with E-state index < -0.39 is 17.2 Å². The van der Waals surface area contributed by atoms with Crippen molar-refractivity contribution in [3.63, 3.8) is 0 Å².